The Morgan fingerprint density at radius 1 is 1.04 bits per heavy atom. The number of H-pyrrole nitrogens is 1. The van der Waals surface area contributed by atoms with Gasteiger partial charge in [-0.15, -0.1) is 0 Å². The van der Waals surface area contributed by atoms with Gasteiger partial charge in [-0.05, 0) is 30.7 Å². The third-order valence-electron chi connectivity index (χ3n) is 3.90. The van der Waals surface area contributed by atoms with Crippen LogP contribution in [0.4, 0.5) is 5.69 Å². The molecule has 0 saturated heterocycles. The number of aromatic nitrogens is 2. The SMILES string of the molecule is CC(=O)Nc1ccc(CNC(=O)c2cc(-c3ccc(C)cc3)n[nH]2)cc1. The molecule has 0 bridgehead atoms. The molecule has 6 heteroatoms. The second kappa shape index (κ2) is 7.65. The predicted octanol–water partition coefficient (Wildman–Crippen LogP) is 3.27. The molecule has 0 fully saturated rings. The molecule has 2 aromatic carbocycles. The smallest absolute Gasteiger partial charge is 0.269 e. The van der Waals surface area contributed by atoms with E-state index in [0.29, 0.717) is 12.2 Å². The van der Waals surface area contributed by atoms with Crippen molar-refractivity contribution in [3.63, 3.8) is 0 Å². The number of hydrogen-bond donors (Lipinski definition) is 3. The molecule has 0 atom stereocenters. The normalized spacial score (nSPS) is 10.4. The number of anilines is 1. The van der Waals surface area contributed by atoms with Gasteiger partial charge in [0.1, 0.15) is 5.69 Å². The van der Waals surface area contributed by atoms with E-state index in [0.717, 1.165) is 22.5 Å². The lowest BCUT2D eigenvalue weighted by molar-refractivity contribution is -0.114. The summed E-state index contributed by atoms with van der Waals surface area (Å²) in [6.07, 6.45) is 0. The molecule has 0 aliphatic heterocycles. The Bertz CT molecular complexity index is 912. The van der Waals surface area contributed by atoms with Crippen LogP contribution in [-0.4, -0.2) is 22.0 Å². The number of carbonyl (C=O) groups is 2. The van der Waals surface area contributed by atoms with Crippen LogP contribution in [-0.2, 0) is 11.3 Å². The Hall–Kier alpha value is -3.41. The summed E-state index contributed by atoms with van der Waals surface area (Å²) in [7, 11) is 0. The molecule has 0 unspecified atom stereocenters. The van der Waals surface area contributed by atoms with Crippen LogP contribution in [0, 0.1) is 6.92 Å². The van der Waals surface area contributed by atoms with E-state index in [1.54, 1.807) is 18.2 Å². The van der Waals surface area contributed by atoms with Gasteiger partial charge in [-0.1, -0.05) is 42.0 Å². The molecule has 0 saturated carbocycles. The van der Waals surface area contributed by atoms with Crippen molar-refractivity contribution in [3.05, 3.63) is 71.4 Å². The highest BCUT2D eigenvalue weighted by atomic mass is 16.2. The van der Waals surface area contributed by atoms with Crippen molar-refractivity contribution < 1.29 is 9.59 Å². The zero-order chi connectivity index (χ0) is 18.5. The van der Waals surface area contributed by atoms with Crippen LogP contribution in [0.1, 0.15) is 28.5 Å². The van der Waals surface area contributed by atoms with Gasteiger partial charge < -0.3 is 10.6 Å². The summed E-state index contributed by atoms with van der Waals surface area (Å²) in [5, 5.41) is 12.5. The average Bonchev–Trinajstić information content (AvgIpc) is 3.11. The van der Waals surface area contributed by atoms with E-state index in [2.05, 4.69) is 20.8 Å². The molecule has 132 valence electrons. The second-order valence-electron chi connectivity index (χ2n) is 6.09. The first-order valence-corrected chi connectivity index (χ1v) is 8.28. The van der Waals surface area contributed by atoms with Gasteiger partial charge in [0.15, 0.2) is 0 Å². The van der Waals surface area contributed by atoms with E-state index in [1.165, 1.54) is 12.5 Å². The molecule has 2 amide bonds. The number of amides is 2. The molecule has 1 heterocycles. The fraction of sp³-hybridized carbons (Fsp3) is 0.150. The lowest BCUT2D eigenvalue weighted by atomic mass is 10.1. The third-order valence-corrected chi connectivity index (χ3v) is 3.90. The summed E-state index contributed by atoms with van der Waals surface area (Å²) in [6, 6.07) is 17.0. The quantitative estimate of drug-likeness (QED) is 0.661. The highest BCUT2D eigenvalue weighted by Gasteiger charge is 2.11. The Morgan fingerprint density at radius 3 is 2.38 bits per heavy atom. The molecule has 0 aliphatic rings. The van der Waals surface area contributed by atoms with Crippen LogP contribution in [0.15, 0.2) is 54.6 Å². The Labute approximate surface area is 151 Å². The van der Waals surface area contributed by atoms with Gasteiger partial charge in [0.05, 0.1) is 5.69 Å². The van der Waals surface area contributed by atoms with E-state index in [1.807, 2.05) is 43.3 Å². The minimum Gasteiger partial charge on any atom is -0.347 e. The summed E-state index contributed by atoms with van der Waals surface area (Å²) in [4.78, 5) is 23.3. The maximum absolute atomic E-state index is 12.3. The van der Waals surface area contributed by atoms with Crippen molar-refractivity contribution in [2.75, 3.05) is 5.32 Å². The Balaban J connectivity index is 1.60. The maximum atomic E-state index is 12.3. The van der Waals surface area contributed by atoms with E-state index >= 15 is 0 Å². The summed E-state index contributed by atoms with van der Waals surface area (Å²) in [5.41, 5.74) is 4.94. The van der Waals surface area contributed by atoms with Crippen LogP contribution in [0.5, 0.6) is 0 Å². The topological polar surface area (TPSA) is 86.9 Å². The van der Waals surface area contributed by atoms with Gasteiger partial charge in [0, 0.05) is 24.7 Å². The van der Waals surface area contributed by atoms with Crippen molar-refractivity contribution in [3.8, 4) is 11.3 Å². The summed E-state index contributed by atoms with van der Waals surface area (Å²) in [5.74, 6) is -0.337. The third kappa shape index (κ3) is 4.36. The molecule has 3 rings (SSSR count). The lowest BCUT2D eigenvalue weighted by Crippen LogP contribution is -2.23. The van der Waals surface area contributed by atoms with Crippen LogP contribution in [0.3, 0.4) is 0 Å². The summed E-state index contributed by atoms with van der Waals surface area (Å²) < 4.78 is 0. The van der Waals surface area contributed by atoms with Gasteiger partial charge in [-0.25, -0.2) is 0 Å². The van der Waals surface area contributed by atoms with Crippen molar-refractivity contribution in [2.24, 2.45) is 0 Å². The molecule has 0 spiro atoms. The largest absolute Gasteiger partial charge is 0.347 e. The number of nitrogens with one attached hydrogen (secondary N) is 3. The standard InChI is InChI=1S/C20H20N4O2/c1-13-3-7-16(8-4-13)18-11-19(24-23-18)20(26)21-12-15-5-9-17(10-6-15)22-14(2)25/h3-11H,12H2,1-2H3,(H,21,26)(H,22,25)(H,23,24). The monoisotopic (exact) mass is 348 g/mol. The number of aryl methyl sites for hydroxylation is 1. The molecular formula is C20H20N4O2. The van der Waals surface area contributed by atoms with Crippen LogP contribution < -0.4 is 10.6 Å². The number of nitrogens with zero attached hydrogens (tertiary/aromatic N) is 1. The van der Waals surface area contributed by atoms with Crippen LogP contribution >= 0.6 is 0 Å². The number of rotatable bonds is 5. The Morgan fingerprint density at radius 2 is 1.73 bits per heavy atom. The van der Waals surface area contributed by atoms with E-state index in [-0.39, 0.29) is 11.8 Å². The fourth-order valence-electron chi connectivity index (χ4n) is 2.50. The number of carbonyl (C=O) groups excluding carboxylic acids is 2. The first-order valence-electron chi connectivity index (χ1n) is 8.28. The first-order chi connectivity index (χ1) is 12.5. The van der Waals surface area contributed by atoms with E-state index < -0.39 is 0 Å². The number of hydrogen-bond acceptors (Lipinski definition) is 3. The van der Waals surface area contributed by atoms with Crippen molar-refractivity contribution in [1.29, 1.82) is 0 Å². The van der Waals surface area contributed by atoms with Gasteiger partial charge >= 0.3 is 0 Å². The molecule has 6 nitrogen and oxygen atoms in total. The summed E-state index contributed by atoms with van der Waals surface area (Å²) in [6.45, 7) is 3.87. The highest BCUT2D eigenvalue weighted by Crippen LogP contribution is 2.18. The van der Waals surface area contributed by atoms with Crippen molar-refractivity contribution in [2.45, 2.75) is 20.4 Å². The molecule has 3 aromatic rings. The average molecular weight is 348 g/mol. The van der Waals surface area contributed by atoms with Gasteiger partial charge in [0.25, 0.3) is 5.91 Å². The zero-order valence-corrected chi connectivity index (χ0v) is 14.7. The molecule has 26 heavy (non-hydrogen) atoms. The van der Waals surface area contributed by atoms with Crippen LogP contribution in [0.2, 0.25) is 0 Å². The molecule has 0 radical (unpaired) electrons. The van der Waals surface area contributed by atoms with Gasteiger partial charge in [-0.3, -0.25) is 14.7 Å². The highest BCUT2D eigenvalue weighted by molar-refractivity contribution is 5.93. The van der Waals surface area contributed by atoms with Crippen molar-refractivity contribution in [1.82, 2.24) is 15.5 Å². The zero-order valence-electron chi connectivity index (χ0n) is 14.7. The number of aromatic amines is 1. The fourth-order valence-corrected chi connectivity index (χ4v) is 2.50. The molecule has 0 aliphatic carbocycles. The Kier molecular flexibility index (Phi) is 5.12. The second-order valence-corrected chi connectivity index (χ2v) is 6.09. The van der Waals surface area contributed by atoms with E-state index in [9.17, 15) is 9.59 Å². The van der Waals surface area contributed by atoms with Gasteiger partial charge in [-0.2, -0.15) is 5.10 Å². The minimum absolute atomic E-state index is 0.116. The minimum atomic E-state index is -0.221. The van der Waals surface area contributed by atoms with Crippen molar-refractivity contribution >= 4 is 17.5 Å². The molecular weight excluding hydrogens is 328 g/mol. The predicted molar refractivity (Wildman–Crippen MR) is 101 cm³/mol. The lowest BCUT2D eigenvalue weighted by Gasteiger charge is -2.06. The van der Waals surface area contributed by atoms with Crippen LogP contribution in [0.25, 0.3) is 11.3 Å². The van der Waals surface area contributed by atoms with E-state index in [4.69, 9.17) is 0 Å². The molecule has 3 N–H and O–H groups in total. The molecule has 1 aromatic heterocycles. The first kappa shape index (κ1) is 17.4. The van der Waals surface area contributed by atoms with Gasteiger partial charge in [0.2, 0.25) is 5.91 Å². The maximum Gasteiger partial charge on any atom is 0.269 e. The summed E-state index contributed by atoms with van der Waals surface area (Å²) >= 11 is 0. The number of benzene rings is 2.